The van der Waals surface area contributed by atoms with E-state index in [2.05, 4.69) is 15.9 Å². The number of hydrogen-bond acceptors (Lipinski definition) is 3. The first-order chi connectivity index (χ1) is 9.31. The Morgan fingerprint density at radius 1 is 1.30 bits per heavy atom. The van der Waals surface area contributed by atoms with E-state index in [0.29, 0.717) is 16.7 Å². The van der Waals surface area contributed by atoms with Gasteiger partial charge < -0.3 is 10.2 Å². The van der Waals surface area contributed by atoms with Crippen molar-refractivity contribution in [1.82, 2.24) is 0 Å². The van der Waals surface area contributed by atoms with Crippen molar-refractivity contribution >= 4 is 39.7 Å². The second-order valence-electron chi connectivity index (χ2n) is 4.14. The van der Waals surface area contributed by atoms with E-state index in [1.165, 1.54) is 12.1 Å². The van der Waals surface area contributed by atoms with E-state index >= 15 is 0 Å². The van der Waals surface area contributed by atoms with E-state index < -0.39 is 16.8 Å². The maximum absolute atomic E-state index is 12.1. The third kappa shape index (κ3) is 4.62. The van der Waals surface area contributed by atoms with Gasteiger partial charge in [-0.2, -0.15) is 0 Å². The normalized spacial score (nSPS) is 12.3. The van der Waals surface area contributed by atoms with Crippen molar-refractivity contribution in [1.29, 1.82) is 0 Å². The van der Waals surface area contributed by atoms with Gasteiger partial charge in [-0.15, -0.1) is 0 Å². The molecule has 0 aliphatic heterocycles. The maximum Gasteiger partial charge on any atom is 0.328 e. The Morgan fingerprint density at radius 2 is 1.95 bits per heavy atom. The first-order valence-electron chi connectivity index (χ1n) is 5.75. The number of carbonyl (C=O) groups excluding carboxylic acids is 1. The fourth-order valence-electron chi connectivity index (χ4n) is 1.62. The summed E-state index contributed by atoms with van der Waals surface area (Å²) in [6.07, 6.45) is 2.05. The van der Waals surface area contributed by atoms with Crippen molar-refractivity contribution < 1.29 is 24.6 Å². The average molecular weight is 341 g/mol. The fraction of sp³-hybridized carbons (Fsp3) is 0.214. The average Bonchev–Trinajstić information content (AvgIpc) is 2.35. The number of carboxylic acid groups (broad SMARTS) is 2. The summed E-state index contributed by atoms with van der Waals surface area (Å²) in [5, 5.41) is 17.4. The molecule has 1 rings (SSSR count). The van der Waals surface area contributed by atoms with Crippen LogP contribution in [-0.4, -0.2) is 32.8 Å². The Kier molecular flexibility index (Phi) is 5.64. The van der Waals surface area contributed by atoms with Crippen LogP contribution < -0.4 is 0 Å². The Hall–Kier alpha value is -1.95. The van der Waals surface area contributed by atoms with Crippen molar-refractivity contribution in [2.75, 3.05) is 0 Å². The van der Waals surface area contributed by atoms with Gasteiger partial charge in [-0.1, -0.05) is 28.1 Å². The molecule has 5 nitrogen and oxygen atoms in total. The molecule has 0 aliphatic carbocycles. The minimum atomic E-state index is -1.12. The quantitative estimate of drug-likeness (QED) is 0.471. The third-order valence-corrected chi connectivity index (χ3v) is 2.92. The molecule has 0 aliphatic rings. The Bertz CT molecular complexity index is 575. The second kappa shape index (κ2) is 7.00. The van der Waals surface area contributed by atoms with Crippen molar-refractivity contribution in [3.8, 4) is 0 Å². The van der Waals surface area contributed by atoms with Crippen LogP contribution in [0.5, 0.6) is 0 Å². The maximum atomic E-state index is 12.1. The highest BCUT2D eigenvalue weighted by Crippen LogP contribution is 2.19. The zero-order valence-corrected chi connectivity index (χ0v) is 12.3. The molecule has 0 saturated heterocycles. The van der Waals surface area contributed by atoms with Crippen LogP contribution >= 0.6 is 15.9 Å². The van der Waals surface area contributed by atoms with Crippen molar-refractivity contribution in [2.24, 2.45) is 0 Å². The lowest BCUT2D eigenvalue weighted by Gasteiger charge is -2.09. The third-order valence-electron chi connectivity index (χ3n) is 2.51. The summed E-state index contributed by atoms with van der Waals surface area (Å²) in [5.74, 6) is -2.35. The number of aliphatic carboxylic acids is 2. The van der Waals surface area contributed by atoms with Crippen LogP contribution in [0.2, 0.25) is 0 Å². The van der Waals surface area contributed by atoms with Gasteiger partial charge in [0.1, 0.15) is 0 Å². The predicted molar refractivity (Wildman–Crippen MR) is 77.2 cm³/mol. The molecule has 106 valence electrons. The first-order valence-corrected chi connectivity index (χ1v) is 6.67. The molecular weight excluding hydrogens is 328 g/mol. The smallest absolute Gasteiger partial charge is 0.328 e. The van der Waals surface area contributed by atoms with E-state index in [9.17, 15) is 14.4 Å². The number of alkyl halides is 1. The van der Waals surface area contributed by atoms with Gasteiger partial charge in [0.2, 0.25) is 0 Å². The van der Waals surface area contributed by atoms with Crippen LogP contribution in [0.4, 0.5) is 0 Å². The summed E-state index contributed by atoms with van der Waals surface area (Å²) >= 11 is 3.16. The Labute approximate surface area is 124 Å². The van der Waals surface area contributed by atoms with Gasteiger partial charge in [0.25, 0.3) is 0 Å². The molecule has 2 N–H and O–H groups in total. The summed E-state index contributed by atoms with van der Waals surface area (Å²) in [6, 6.07) is 4.58. The van der Waals surface area contributed by atoms with Crippen molar-refractivity contribution in [3.63, 3.8) is 0 Å². The van der Waals surface area contributed by atoms with Crippen LogP contribution in [0.3, 0.4) is 0 Å². The molecule has 0 spiro atoms. The fourth-order valence-corrected chi connectivity index (χ4v) is 1.87. The van der Waals surface area contributed by atoms with E-state index in [1.54, 1.807) is 19.1 Å². The largest absolute Gasteiger partial charge is 0.481 e. The molecule has 1 aromatic rings. The monoisotopic (exact) mass is 340 g/mol. The first kappa shape index (κ1) is 16.1. The number of halogens is 1. The molecule has 1 unspecified atom stereocenters. The van der Waals surface area contributed by atoms with E-state index in [-0.39, 0.29) is 12.2 Å². The topological polar surface area (TPSA) is 91.7 Å². The molecule has 0 heterocycles. The summed E-state index contributed by atoms with van der Waals surface area (Å²) in [7, 11) is 0. The number of carbonyl (C=O) groups is 3. The second-order valence-corrected chi connectivity index (χ2v) is 5.52. The highest BCUT2D eigenvalue weighted by atomic mass is 79.9. The molecule has 20 heavy (non-hydrogen) atoms. The molecule has 1 atom stereocenters. The lowest BCUT2D eigenvalue weighted by Crippen LogP contribution is -2.13. The van der Waals surface area contributed by atoms with Gasteiger partial charge in [-0.3, -0.25) is 9.59 Å². The molecule has 0 fully saturated rings. The van der Waals surface area contributed by atoms with Gasteiger partial charge >= 0.3 is 11.9 Å². The summed E-state index contributed by atoms with van der Waals surface area (Å²) in [4.78, 5) is 32.9. The van der Waals surface area contributed by atoms with Gasteiger partial charge in [-0.25, -0.2) is 4.79 Å². The van der Waals surface area contributed by atoms with Crippen LogP contribution in [0.15, 0.2) is 24.3 Å². The van der Waals surface area contributed by atoms with Gasteiger partial charge in [0.05, 0.1) is 11.2 Å². The molecule has 1 aromatic carbocycles. The van der Waals surface area contributed by atoms with Crippen LogP contribution in [-0.2, 0) is 16.0 Å². The number of hydrogen-bond donors (Lipinski definition) is 2. The predicted octanol–water partition coefficient (Wildman–Crippen LogP) is 2.38. The van der Waals surface area contributed by atoms with Crippen LogP contribution in [0.25, 0.3) is 6.08 Å². The number of Topliss-reactive ketones (excluding diaryl/α,β-unsaturated/α-hetero) is 1. The van der Waals surface area contributed by atoms with E-state index in [1.807, 2.05) is 0 Å². The van der Waals surface area contributed by atoms with Crippen LogP contribution in [0.1, 0.15) is 28.4 Å². The number of rotatable bonds is 6. The Balaban J connectivity index is 3.26. The zero-order chi connectivity index (χ0) is 15.3. The summed E-state index contributed by atoms with van der Waals surface area (Å²) in [5.41, 5.74) is 1.23. The molecule has 0 bridgehead atoms. The lowest BCUT2D eigenvalue weighted by atomic mass is 9.97. The zero-order valence-electron chi connectivity index (χ0n) is 10.7. The standard InChI is InChI=1S/C14H13BrO5/c1-8(15)14(20)11-6-9(7-13(18)19)2-3-10(11)4-5-12(16)17/h2-6,8H,7H2,1H3,(H,16,17)(H,18,19). The number of carboxylic acids is 2. The van der Waals surface area contributed by atoms with Crippen LogP contribution in [0, 0.1) is 0 Å². The number of ketones is 1. The van der Waals surface area contributed by atoms with E-state index in [0.717, 1.165) is 6.08 Å². The SMILES string of the molecule is CC(Br)C(=O)c1cc(CC(=O)O)ccc1C=CC(=O)O. The summed E-state index contributed by atoms with van der Waals surface area (Å²) < 4.78 is 0. The van der Waals surface area contributed by atoms with Gasteiger partial charge in [0, 0.05) is 11.6 Å². The lowest BCUT2D eigenvalue weighted by molar-refractivity contribution is -0.136. The molecule has 0 saturated carbocycles. The number of benzene rings is 1. The van der Waals surface area contributed by atoms with Crippen molar-refractivity contribution in [3.05, 3.63) is 41.0 Å². The summed E-state index contributed by atoms with van der Waals surface area (Å²) in [6.45, 7) is 1.65. The Morgan fingerprint density at radius 3 is 2.45 bits per heavy atom. The van der Waals surface area contributed by atoms with Crippen molar-refractivity contribution in [2.45, 2.75) is 18.2 Å². The molecule has 0 amide bonds. The minimum absolute atomic E-state index is 0.195. The molecule has 0 radical (unpaired) electrons. The van der Waals surface area contributed by atoms with Gasteiger partial charge in [0.15, 0.2) is 5.78 Å². The molecule has 6 heteroatoms. The van der Waals surface area contributed by atoms with E-state index in [4.69, 9.17) is 10.2 Å². The highest BCUT2D eigenvalue weighted by molar-refractivity contribution is 9.10. The van der Waals surface area contributed by atoms with Gasteiger partial charge in [-0.05, 0) is 30.2 Å². The molecule has 0 aromatic heterocycles. The molecular formula is C14H13BrO5. The highest BCUT2D eigenvalue weighted by Gasteiger charge is 2.16. The minimum Gasteiger partial charge on any atom is -0.481 e.